The van der Waals surface area contributed by atoms with Crippen LogP contribution >= 0.6 is 11.6 Å². The number of benzene rings is 2. The molecule has 0 aliphatic rings. The number of H-pyrrole nitrogens is 1. The Kier molecular flexibility index (Phi) is 8.77. The second-order valence-electron chi connectivity index (χ2n) is 6.82. The molecule has 4 aromatic rings. The van der Waals surface area contributed by atoms with Crippen molar-refractivity contribution >= 4 is 11.6 Å². The van der Waals surface area contributed by atoms with Crippen molar-refractivity contribution in [3.8, 4) is 0 Å². The van der Waals surface area contributed by atoms with Crippen LogP contribution in [0.2, 0.25) is 0 Å². The second kappa shape index (κ2) is 11.1. The molecule has 0 unspecified atom stereocenters. The summed E-state index contributed by atoms with van der Waals surface area (Å²) in [4.78, 5) is 3.08. The quantitative estimate of drug-likeness (QED) is 0.235. The van der Waals surface area contributed by atoms with E-state index in [0.717, 1.165) is 25.2 Å². The van der Waals surface area contributed by atoms with Gasteiger partial charge in [0.1, 0.15) is 44.4 Å². The highest BCUT2D eigenvalue weighted by atomic mass is 35.5. The van der Waals surface area contributed by atoms with E-state index in [1.54, 1.807) is 0 Å². The maximum absolute atomic E-state index is 5.94. The molecule has 4 rings (SSSR count). The summed E-state index contributed by atoms with van der Waals surface area (Å²) in [5, 5.41) is 0. The highest BCUT2D eigenvalue weighted by molar-refractivity contribution is 6.17. The topological polar surface area (TPSA) is 28.5 Å². The Bertz CT molecular complexity index is 1010. The van der Waals surface area contributed by atoms with Crippen molar-refractivity contribution in [3.63, 3.8) is 0 Å². The Balaban J connectivity index is 0.00000150. The molecule has 0 bridgehead atoms. The fourth-order valence-electron chi connectivity index (χ4n) is 3.31. The summed E-state index contributed by atoms with van der Waals surface area (Å²) in [5.41, 5.74) is 5.03. The molecule has 2 aromatic heterocycles. The van der Waals surface area contributed by atoms with Crippen molar-refractivity contribution in [2.45, 2.75) is 25.5 Å². The van der Waals surface area contributed by atoms with Gasteiger partial charge in [0.25, 0.3) is 0 Å². The molecule has 2 heterocycles. The largest absolute Gasteiger partial charge is 1.00 e. The first-order valence-corrected chi connectivity index (χ1v) is 9.60. The van der Waals surface area contributed by atoms with E-state index in [2.05, 4.69) is 85.9 Å². The smallest absolute Gasteiger partial charge is 0.244 e. The SMILES string of the molecule is ClCc1cccc(Cn2cc[n+](Cc3cccc(C[n+]4cc[nH]c4)c3)c2)c1.[Cl-].[Cl-]. The van der Waals surface area contributed by atoms with Gasteiger partial charge in [-0.25, -0.2) is 13.7 Å². The summed E-state index contributed by atoms with van der Waals surface area (Å²) in [7, 11) is 0. The molecule has 1 N–H and O–H groups in total. The van der Waals surface area contributed by atoms with Crippen LogP contribution in [0.25, 0.3) is 0 Å². The van der Waals surface area contributed by atoms with Gasteiger partial charge in [-0.3, -0.25) is 4.98 Å². The number of rotatable bonds is 7. The van der Waals surface area contributed by atoms with E-state index in [-0.39, 0.29) is 24.8 Å². The molecule has 29 heavy (non-hydrogen) atoms. The normalized spacial score (nSPS) is 10.2. The van der Waals surface area contributed by atoms with Crippen LogP contribution in [-0.4, -0.2) is 9.55 Å². The summed E-state index contributed by atoms with van der Waals surface area (Å²) >= 11 is 5.94. The van der Waals surface area contributed by atoms with Crippen molar-refractivity contribution in [1.82, 2.24) is 9.55 Å². The second-order valence-corrected chi connectivity index (χ2v) is 7.08. The van der Waals surface area contributed by atoms with Crippen molar-refractivity contribution in [1.29, 1.82) is 0 Å². The van der Waals surface area contributed by atoms with Gasteiger partial charge in [0.15, 0.2) is 0 Å². The minimum Gasteiger partial charge on any atom is -1.00 e. The van der Waals surface area contributed by atoms with Gasteiger partial charge in [-0.05, 0) is 28.3 Å². The number of halogens is 3. The molecule has 0 spiro atoms. The highest BCUT2D eigenvalue weighted by Gasteiger charge is 2.08. The minimum absolute atomic E-state index is 0. The molecule has 0 aliphatic heterocycles. The number of hydrogen-bond donors (Lipinski definition) is 1. The molecule has 0 aliphatic carbocycles. The molecule has 7 heteroatoms. The molecule has 0 amide bonds. The minimum atomic E-state index is 0. The Morgan fingerprint density at radius 2 is 1.48 bits per heavy atom. The number of aromatic amines is 1. The number of alkyl halides is 1. The maximum atomic E-state index is 5.94. The molecule has 0 saturated heterocycles. The van der Waals surface area contributed by atoms with Gasteiger partial charge < -0.3 is 24.8 Å². The third-order valence-electron chi connectivity index (χ3n) is 4.58. The molecule has 0 radical (unpaired) electrons. The lowest BCUT2D eigenvalue weighted by Gasteiger charge is -2.03. The Morgan fingerprint density at radius 3 is 2.17 bits per heavy atom. The summed E-state index contributed by atoms with van der Waals surface area (Å²) in [6.45, 7) is 2.59. The monoisotopic (exact) mass is 448 g/mol. The first kappa shape index (κ1) is 23.0. The van der Waals surface area contributed by atoms with Crippen molar-refractivity contribution < 1.29 is 33.9 Å². The highest BCUT2D eigenvalue weighted by Crippen LogP contribution is 2.09. The van der Waals surface area contributed by atoms with Crippen LogP contribution < -0.4 is 33.9 Å². The van der Waals surface area contributed by atoms with Crippen LogP contribution in [0.3, 0.4) is 0 Å². The first-order valence-electron chi connectivity index (χ1n) is 9.07. The van der Waals surface area contributed by atoms with Crippen LogP contribution in [-0.2, 0) is 25.5 Å². The molecular formula is C22H23Cl3N4. The third-order valence-corrected chi connectivity index (χ3v) is 4.89. The van der Waals surface area contributed by atoms with Crippen LogP contribution in [0.15, 0.2) is 86.0 Å². The molecular weight excluding hydrogens is 427 g/mol. The van der Waals surface area contributed by atoms with E-state index in [9.17, 15) is 0 Å². The lowest BCUT2D eigenvalue weighted by atomic mass is 10.1. The number of hydrogen-bond acceptors (Lipinski definition) is 0. The summed E-state index contributed by atoms with van der Waals surface area (Å²) < 4.78 is 6.55. The zero-order chi connectivity index (χ0) is 18.5. The fourth-order valence-corrected chi connectivity index (χ4v) is 3.48. The maximum Gasteiger partial charge on any atom is 0.244 e. The van der Waals surface area contributed by atoms with E-state index >= 15 is 0 Å². The zero-order valence-corrected chi connectivity index (χ0v) is 18.2. The number of nitrogens with one attached hydrogen (secondary N) is 1. The lowest BCUT2D eigenvalue weighted by Crippen LogP contribution is -3.00. The first-order chi connectivity index (χ1) is 13.3. The van der Waals surface area contributed by atoms with Gasteiger partial charge in [0.05, 0.1) is 0 Å². The standard InChI is InChI=1S/C22H22ClN4.2ClH/c23-13-19-3-1-4-20(11-19)15-26-9-10-27(18-26)16-22-6-2-5-21(12-22)14-25-8-7-24-17-25;;/h1-12,17-18H,13-16H2;2*1H/q+1;;/p-1. The molecule has 4 nitrogen and oxygen atoms in total. The van der Waals surface area contributed by atoms with Gasteiger partial charge >= 0.3 is 0 Å². The number of nitrogens with zero attached hydrogens (tertiary/aromatic N) is 3. The van der Waals surface area contributed by atoms with Gasteiger partial charge in [0.2, 0.25) is 12.7 Å². The Hall–Kier alpha value is -2.27. The molecule has 2 aromatic carbocycles. The Labute approximate surface area is 188 Å². The summed E-state index contributed by atoms with van der Waals surface area (Å²) in [6, 6.07) is 17.2. The summed E-state index contributed by atoms with van der Waals surface area (Å²) in [6.07, 6.45) is 12.3. The summed E-state index contributed by atoms with van der Waals surface area (Å²) in [5.74, 6) is 0.552. The number of imidazole rings is 2. The van der Waals surface area contributed by atoms with Crippen LogP contribution in [0.1, 0.15) is 22.3 Å². The van der Waals surface area contributed by atoms with Gasteiger partial charge in [-0.15, -0.1) is 11.6 Å². The predicted octanol–water partition coefficient (Wildman–Crippen LogP) is -2.72. The zero-order valence-electron chi connectivity index (χ0n) is 15.9. The lowest BCUT2D eigenvalue weighted by molar-refractivity contribution is -0.688. The molecule has 0 atom stereocenters. The van der Waals surface area contributed by atoms with Gasteiger partial charge in [0, 0.05) is 5.88 Å². The van der Waals surface area contributed by atoms with Crippen LogP contribution in [0, 0.1) is 0 Å². The van der Waals surface area contributed by atoms with Crippen molar-refractivity contribution in [2.75, 3.05) is 0 Å². The van der Waals surface area contributed by atoms with Crippen LogP contribution in [0.5, 0.6) is 0 Å². The predicted molar refractivity (Wildman–Crippen MR) is 105 cm³/mol. The number of aromatic nitrogens is 4. The Morgan fingerprint density at radius 1 is 0.828 bits per heavy atom. The molecule has 0 saturated carbocycles. The average Bonchev–Trinajstić information content (AvgIpc) is 3.34. The molecule has 0 fully saturated rings. The third kappa shape index (κ3) is 6.36. The average molecular weight is 450 g/mol. The van der Waals surface area contributed by atoms with E-state index in [1.807, 2.05) is 18.7 Å². The van der Waals surface area contributed by atoms with Crippen molar-refractivity contribution in [3.05, 3.63) is 108 Å². The van der Waals surface area contributed by atoms with E-state index < -0.39 is 0 Å². The van der Waals surface area contributed by atoms with Gasteiger partial charge in [-0.2, -0.15) is 0 Å². The van der Waals surface area contributed by atoms with E-state index in [4.69, 9.17) is 11.6 Å². The van der Waals surface area contributed by atoms with Crippen molar-refractivity contribution in [2.24, 2.45) is 0 Å². The van der Waals surface area contributed by atoms with E-state index in [0.29, 0.717) is 5.88 Å². The molecule has 152 valence electrons. The van der Waals surface area contributed by atoms with Gasteiger partial charge in [-0.1, -0.05) is 42.5 Å². The van der Waals surface area contributed by atoms with Crippen LogP contribution in [0.4, 0.5) is 0 Å². The van der Waals surface area contributed by atoms with E-state index in [1.165, 1.54) is 16.7 Å². The fraction of sp³-hybridized carbons (Fsp3) is 0.182.